The molecule has 130 valence electrons. The van der Waals surface area contributed by atoms with Gasteiger partial charge >= 0.3 is 0 Å². The van der Waals surface area contributed by atoms with Gasteiger partial charge in [0.15, 0.2) is 0 Å². The highest BCUT2D eigenvalue weighted by atomic mass is 16.5. The van der Waals surface area contributed by atoms with Crippen molar-refractivity contribution in [2.75, 3.05) is 23.5 Å². The average Bonchev–Trinajstić information content (AvgIpc) is 2.61. The number of benzene rings is 2. The van der Waals surface area contributed by atoms with Gasteiger partial charge in [0.25, 0.3) is 0 Å². The first-order valence-electron chi connectivity index (χ1n) is 8.35. The van der Waals surface area contributed by atoms with Crippen molar-refractivity contribution >= 4 is 23.2 Å². The number of fused-ring (bicyclic) bond motifs is 1. The van der Waals surface area contributed by atoms with E-state index in [-0.39, 0.29) is 30.8 Å². The Morgan fingerprint density at radius 1 is 1.08 bits per heavy atom. The number of nitrogens with zero attached hydrogens (tertiary/aromatic N) is 2. The zero-order chi connectivity index (χ0) is 18.0. The molecule has 25 heavy (non-hydrogen) atoms. The smallest absolute Gasteiger partial charge is 0.247 e. The quantitative estimate of drug-likeness (QED) is 0.861. The second-order valence-corrected chi connectivity index (χ2v) is 6.35. The first-order chi connectivity index (χ1) is 12.0. The second-order valence-electron chi connectivity index (χ2n) is 6.35. The molecule has 5 heteroatoms. The first-order valence-corrected chi connectivity index (χ1v) is 8.35. The molecule has 0 radical (unpaired) electrons. The minimum absolute atomic E-state index is 0.0486. The van der Waals surface area contributed by atoms with Crippen molar-refractivity contribution in [1.82, 2.24) is 0 Å². The van der Waals surface area contributed by atoms with Gasteiger partial charge < -0.3 is 14.5 Å². The van der Waals surface area contributed by atoms with Crippen LogP contribution in [0.5, 0.6) is 5.75 Å². The van der Waals surface area contributed by atoms with E-state index in [0.717, 1.165) is 22.7 Å². The summed E-state index contributed by atoms with van der Waals surface area (Å²) >= 11 is 0. The number of hydrogen-bond acceptors (Lipinski definition) is 3. The zero-order valence-corrected chi connectivity index (χ0v) is 14.7. The highest BCUT2D eigenvalue weighted by Crippen LogP contribution is 2.34. The summed E-state index contributed by atoms with van der Waals surface area (Å²) in [6.45, 7) is 4.03. The molecule has 3 rings (SSSR count). The van der Waals surface area contributed by atoms with Crippen LogP contribution in [0.2, 0.25) is 0 Å². The molecule has 0 saturated heterocycles. The van der Waals surface area contributed by atoms with E-state index in [9.17, 15) is 9.59 Å². The Morgan fingerprint density at radius 2 is 1.72 bits per heavy atom. The van der Waals surface area contributed by atoms with Crippen LogP contribution in [0.1, 0.15) is 19.4 Å². The lowest BCUT2D eigenvalue weighted by molar-refractivity contribution is -0.122. The van der Waals surface area contributed by atoms with Crippen LogP contribution in [0.25, 0.3) is 0 Å². The van der Waals surface area contributed by atoms with Gasteiger partial charge in [-0.05, 0) is 43.7 Å². The fourth-order valence-electron chi connectivity index (χ4n) is 3.13. The van der Waals surface area contributed by atoms with Crippen LogP contribution < -0.4 is 14.5 Å². The van der Waals surface area contributed by atoms with Gasteiger partial charge in [-0.1, -0.05) is 24.3 Å². The second kappa shape index (κ2) is 6.97. The molecule has 0 fully saturated rings. The van der Waals surface area contributed by atoms with Crippen LogP contribution in [-0.2, 0) is 16.0 Å². The molecule has 1 aliphatic rings. The summed E-state index contributed by atoms with van der Waals surface area (Å²) in [7, 11) is 1.61. The topological polar surface area (TPSA) is 49.9 Å². The standard InChI is InChI=1S/C20H22N2O3/c1-14(2)22-18-7-5-4-6-17(18)21(13-20(22)24)19(23)12-15-8-10-16(25-3)11-9-15/h4-11,14H,12-13H2,1-3H3. The molecule has 2 aromatic carbocycles. The number of rotatable bonds is 4. The average molecular weight is 338 g/mol. The highest BCUT2D eigenvalue weighted by Gasteiger charge is 2.33. The molecule has 5 nitrogen and oxygen atoms in total. The number of anilines is 2. The number of carbonyl (C=O) groups excluding carboxylic acids is 2. The molecule has 0 aromatic heterocycles. The Balaban J connectivity index is 1.87. The lowest BCUT2D eigenvalue weighted by Crippen LogP contribution is -2.50. The lowest BCUT2D eigenvalue weighted by atomic mass is 10.1. The highest BCUT2D eigenvalue weighted by molar-refractivity contribution is 6.11. The summed E-state index contributed by atoms with van der Waals surface area (Å²) in [6, 6.07) is 15.0. The molecule has 2 amide bonds. The number of amides is 2. The third-order valence-electron chi connectivity index (χ3n) is 4.33. The van der Waals surface area contributed by atoms with Crippen LogP contribution in [0, 0.1) is 0 Å². The third kappa shape index (κ3) is 3.36. The van der Waals surface area contributed by atoms with E-state index in [1.54, 1.807) is 16.9 Å². The van der Waals surface area contributed by atoms with Gasteiger partial charge in [0, 0.05) is 6.04 Å². The van der Waals surface area contributed by atoms with Gasteiger partial charge in [0.2, 0.25) is 11.8 Å². The summed E-state index contributed by atoms with van der Waals surface area (Å²) in [6.07, 6.45) is 0.243. The van der Waals surface area contributed by atoms with Gasteiger partial charge in [-0.2, -0.15) is 0 Å². The molecule has 0 spiro atoms. The predicted octanol–water partition coefficient (Wildman–Crippen LogP) is 3.03. The Kier molecular flexibility index (Phi) is 4.74. The molecule has 0 bridgehead atoms. The maximum absolute atomic E-state index is 12.8. The Morgan fingerprint density at radius 3 is 2.32 bits per heavy atom. The van der Waals surface area contributed by atoms with Crippen molar-refractivity contribution < 1.29 is 14.3 Å². The van der Waals surface area contributed by atoms with E-state index in [0.29, 0.717) is 0 Å². The zero-order valence-electron chi connectivity index (χ0n) is 14.7. The Hall–Kier alpha value is -2.82. The largest absolute Gasteiger partial charge is 0.497 e. The van der Waals surface area contributed by atoms with Crippen LogP contribution >= 0.6 is 0 Å². The van der Waals surface area contributed by atoms with E-state index in [1.165, 1.54) is 0 Å². The van der Waals surface area contributed by atoms with Crippen LogP contribution in [0.15, 0.2) is 48.5 Å². The lowest BCUT2D eigenvalue weighted by Gasteiger charge is -2.38. The number of hydrogen-bond donors (Lipinski definition) is 0. The number of methoxy groups -OCH3 is 1. The molecular formula is C20H22N2O3. The van der Waals surface area contributed by atoms with Crippen molar-refractivity contribution in [3.05, 3.63) is 54.1 Å². The number of ether oxygens (including phenoxy) is 1. The molecule has 0 atom stereocenters. The van der Waals surface area contributed by atoms with E-state index < -0.39 is 0 Å². The summed E-state index contributed by atoms with van der Waals surface area (Å²) in [5, 5.41) is 0. The minimum atomic E-state index is -0.0885. The molecule has 1 aliphatic heterocycles. The molecule has 2 aromatic rings. The van der Waals surface area contributed by atoms with E-state index >= 15 is 0 Å². The van der Waals surface area contributed by atoms with Gasteiger partial charge in [-0.15, -0.1) is 0 Å². The van der Waals surface area contributed by atoms with Gasteiger partial charge in [-0.25, -0.2) is 0 Å². The van der Waals surface area contributed by atoms with Crippen molar-refractivity contribution in [2.24, 2.45) is 0 Å². The third-order valence-corrected chi connectivity index (χ3v) is 4.33. The van der Waals surface area contributed by atoms with Crippen LogP contribution in [0.3, 0.4) is 0 Å². The maximum atomic E-state index is 12.8. The Bertz CT molecular complexity index is 784. The SMILES string of the molecule is COc1ccc(CC(=O)N2CC(=O)N(C(C)C)c3ccccc32)cc1. The number of para-hydroxylation sites is 2. The molecular weight excluding hydrogens is 316 g/mol. The molecule has 0 saturated carbocycles. The fraction of sp³-hybridized carbons (Fsp3) is 0.300. The fourth-order valence-corrected chi connectivity index (χ4v) is 3.13. The molecule has 1 heterocycles. The van der Waals surface area contributed by atoms with Crippen molar-refractivity contribution in [1.29, 1.82) is 0 Å². The molecule has 0 N–H and O–H groups in total. The van der Waals surface area contributed by atoms with Gasteiger partial charge in [0.1, 0.15) is 12.3 Å². The van der Waals surface area contributed by atoms with Crippen molar-refractivity contribution in [2.45, 2.75) is 26.3 Å². The van der Waals surface area contributed by atoms with Gasteiger partial charge in [-0.3, -0.25) is 9.59 Å². The maximum Gasteiger partial charge on any atom is 0.247 e. The molecule has 0 aliphatic carbocycles. The minimum Gasteiger partial charge on any atom is -0.497 e. The number of carbonyl (C=O) groups is 2. The summed E-state index contributed by atoms with van der Waals surface area (Å²) in [4.78, 5) is 28.7. The van der Waals surface area contributed by atoms with E-state index in [4.69, 9.17) is 4.74 Å². The summed E-state index contributed by atoms with van der Waals surface area (Å²) in [5.41, 5.74) is 2.47. The van der Waals surface area contributed by atoms with Gasteiger partial charge in [0.05, 0.1) is 24.9 Å². The summed E-state index contributed by atoms with van der Waals surface area (Å²) < 4.78 is 5.14. The molecule has 0 unspecified atom stereocenters. The predicted molar refractivity (Wildman–Crippen MR) is 98.1 cm³/mol. The monoisotopic (exact) mass is 338 g/mol. The van der Waals surface area contributed by atoms with E-state index in [2.05, 4.69) is 0 Å². The van der Waals surface area contributed by atoms with Crippen LogP contribution in [-0.4, -0.2) is 31.5 Å². The van der Waals surface area contributed by atoms with Crippen LogP contribution in [0.4, 0.5) is 11.4 Å². The van der Waals surface area contributed by atoms with Crippen molar-refractivity contribution in [3.8, 4) is 5.75 Å². The Labute approximate surface area is 147 Å². The first kappa shape index (κ1) is 17.0. The van der Waals surface area contributed by atoms with E-state index in [1.807, 2.05) is 62.4 Å². The summed E-state index contributed by atoms with van der Waals surface area (Å²) in [5.74, 6) is 0.605. The van der Waals surface area contributed by atoms with Crippen molar-refractivity contribution in [3.63, 3.8) is 0 Å². The normalized spacial score (nSPS) is 13.8.